The predicted molar refractivity (Wildman–Crippen MR) is 74.0 cm³/mol. The maximum atomic E-state index is 10.7. The highest BCUT2D eigenvalue weighted by Gasteiger charge is 2.39. The van der Waals surface area contributed by atoms with Gasteiger partial charge in [0.05, 0.1) is 35.2 Å². The molecule has 1 saturated carbocycles. The highest BCUT2D eigenvalue weighted by molar-refractivity contribution is 5.76. The van der Waals surface area contributed by atoms with Crippen molar-refractivity contribution in [3.63, 3.8) is 0 Å². The molecule has 2 unspecified atom stereocenters. The fourth-order valence-electron chi connectivity index (χ4n) is 2.40. The average Bonchev–Trinajstić information content (AvgIpc) is 3.14. The van der Waals surface area contributed by atoms with Crippen molar-refractivity contribution < 1.29 is 4.79 Å². The van der Waals surface area contributed by atoms with Gasteiger partial charge in [-0.15, -0.1) is 0 Å². The van der Waals surface area contributed by atoms with E-state index in [-0.39, 0.29) is 12.0 Å². The molecule has 2 atom stereocenters. The summed E-state index contributed by atoms with van der Waals surface area (Å²) in [7, 11) is 0. The second-order valence-electron chi connectivity index (χ2n) is 5.06. The average molecular weight is 264 g/mol. The zero-order valence-corrected chi connectivity index (χ0v) is 10.7. The molecular weight excluding hydrogens is 252 g/mol. The molecule has 20 heavy (non-hydrogen) atoms. The molecule has 0 amide bonds. The highest BCUT2D eigenvalue weighted by Crippen LogP contribution is 2.41. The molecule has 5 nitrogen and oxygen atoms in total. The zero-order valence-electron chi connectivity index (χ0n) is 10.7. The Morgan fingerprint density at radius 1 is 1.20 bits per heavy atom. The Balaban J connectivity index is 1.70. The van der Waals surface area contributed by atoms with Crippen LogP contribution in [0.4, 0.5) is 0 Å². The Morgan fingerprint density at radius 2 is 2.05 bits per heavy atom. The Hall–Kier alpha value is -2.56. The first-order valence-corrected chi connectivity index (χ1v) is 6.57. The number of carbonyl (C=O) groups excluding carboxylic acids is 1. The molecule has 98 valence electrons. The smallest absolute Gasteiger partial charge is 0.125 e. The molecular formula is C15H12N4O. The van der Waals surface area contributed by atoms with E-state index in [2.05, 4.69) is 15.1 Å². The minimum Gasteiger partial charge on any atom is -0.303 e. The van der Waals surface area contributed by atoms with Gasteiger partial charge in [-0.05, 0) is 18.6 Å². The molecule has 0 spiro atoms. The van der Waals surface area contributed by atoms with Gasteiger partial charge in [-0.1, -0.05) is 12.1 Å². The van der Waals surface area contributed by atoms with E-state index in [9.17, 15) is 4.79 Å². The Kier molecular flexibility index (Phi) is 2.39. The van der Waals surface area contributed by atoms with E-state index in [1.165, 1.54) is 0 Å². The van der Waals surface area contributed by atoms with Crippen LogP contribution >= 0.6 is 0 Å². The van der Waals surface area contributed by atoms with Crippen LogP contribution in [-0.4, -0.2) is 26.0 Å². The third kappa shape index (κ3) is 1.79. The Morgan fingerprint density at radius 3 is 2.85 bits per heavy atom. The van der Waals surface area contributed by atoms with Gasteiger partial charge >= 0.3 is 0 Å². The lowest BCUT2D eigenvalue weighted by Gasteiger charge is -1.99. The molecule has 0 N–H and O–H groups in total. The summed E-state index contributed by atoms with van der Waals surface area (Å²) in [5, 5.41) is 4.32. The van der Waals surface area contributed by atoms with E-state index in [0.717, 1.165) is 35.0 Å². The summed E-state index contributed by atoms with van der Waals surface area (Å²) in [6, 6.07) is 7.99. The van der Waals surface area contributed by atoms with Gasteiger partial charge in [-0.3, -0.25) is 9.67 Å². The van der Waals surface area contributed by atoms with Crippen molar-refractivity contribution >= 4 is 17.3 Å². The van der Waals surface area contributed by atoms with Gasteiger partial charge in [0.15, 0.2) is 0 Å². The quantitative estimate of drug-likeness (QED) is 0.681. The summed E-state index contributed by atoms with van der Waals surface area (Å²) in [4.78, 5) is 19.7. The van der Waals surface area contributed by atoms with Gasteiger partial charge < -0.3 is 4.79 Å². The van der Waals surface area contributed by atoms with E-state index in [1.54, 1.807) is 12.4 Å². The summed E-state index contributed by atoms with van der Waals surface area (Å²) < 4.78 is 1.85. The second kappa shape index (κ2) is 4.23. The molecule has 0 radical (unpaired) electrons. The van der Waals surface area contributed by atoms with Gasteiger partial charge in [0.1, 0.15) is 6.29 Å². The van der Waals surface area contributed by atoms with Crippen molar-refractivity contribution in [2.45, 2.75) is 12.5 Å². The largest absolute Gasteiger partial charge is 0.303 e. The number of aromatic nitrogens is 4. The third-order valence-electron chi connectivity index (χ3n) is 3.67. The molecule has 1 aromatic carbocycles. The Labute approximate surface area is 115 Å². The van der Waals surface area contributed by atoms with Crippen LogP contribution in [0.15, 0.2) is 42.9 Å². The molecule has 1 aliphatic carbocycles. The fraction of sp³-hybridized carbons (Fsp3) is 0.200. The molecule has 0 bridgehead atoms. The summed E-state index contributed by atoms with van der Waals surface area (Å²) in [6.07, 6.45) is 7.36. The number of carbonyl (C=O) groups is 1. The van der Waals surface area contributed by atoms with E-state index >= 15 is 0 Å². The molecule has 5 heteroatoms. The second-order valence-corrected chi connectivity index (χ2v) is 5.06. The lowest BCUT2D eigenvalue weighted by atomic mass is 10.2. The van der Waals surface area contributed by atoms with Crippen molar-refractivity contribution in [2.75, 3.05) is 0 Å². The van der Waals surface area contributed by atoms with Crippen molar-refractivity contribution in [3.8, 4) is 11.3 Å². The monoisotopic (exact) mass is 264 g/mol. The summed E-state index contributed by atoms with van der Waals surface area (Å²) >= 11 is 0. The Bertz CT molecular complexity index is 795. The van der Waals surface area contributed by atoms with Crippen LogP contribution in [0, 0.1) is 5.92 Å². The first kappa shape index (κ1) is 11.3. The highest BCUT2D eigenvalue weighted by atomic mass is 16.1. The van der Waals surface area contributed by atoms with E-state index in [0.29, 0.717) is 0 Å². The lowest BCUT2D eigenvalue weighted by molar-refractivity contribution is -0.109. The number of hydrogen-bond acceptors (Lipinski definition) is 4. The van der Waals surface area contributed by atoms with Crippen molar-refractivity contribution in [1.29, 1.82) is 0 Å². The van der Waals surface area contributed by atoms with Gasteiger partial charge in [-0.25, -0.2) is 4.98 Å². The van der Waals surface area contributed by atoms with Gasteiger partial charge in [0.25, 0.3) is 0 Å². The minimum atomic E-state index is 0.116. The zero-order chi connectivity index (χ0) is 13.5. The van der Waals surface area contributed by atoms with Crippen LogP contribution in [-0.2, 0) is 4.79 Å². The van der Waals surface area contributed by atoms with Gasteiger partial charge in [0, 0.05) is 17.7 Å². The van der Waals surface area contributed by atoms with Crippen molar-refractivity contribution in [3.05, 3.63) is 42.9 Å². The number of benzene rings is 1. The van der Waals surface area contributed by atoms with E-state index in [1.807, 2.05) is 35.1 Å². The standard InChI is InChI=1S/C15H12N4O/c20-9-10-5-15(10)19-8-11(6-17-19)14-7-16-12-3-1-2-4-13(12)18-14/h1-4,6-10,15H,5H2. The van der Waals surface area contributed by atoms with E-state index < -0.39 is 0 Å². The maximum Gasteiger partial charge on any atom is 0.125 e. The van der Waals surface area contributed by atoms with Crippen molar-refractivity contribution in [2.24, 2.45) is 5.92 Å². The lowest BCUT2D eigenvalue weighted by Crippen LogP contribution is -1.96. The van der Waals surface area contributed by atoms with Crippen LogP contribution < -0.4 is 0 Å². The molecule has 1 fully saturated rings. The molecule has 0 saturated heterocycles. The molecule has 0 aliphatic heterocycles. The number of para-hydroxylation sites is 2. The van der Waals surface area contributed by atoms with Crippen LogP contribution in [0.2, 0.25) is 0 Å². The number of nitrogens with zero attached hydrogens (tertiary/aromatic N) is 4. The van der Waals surface area contributed by atoms with E-state index in [4.69, 9.17) is 0 Å². The third-order valence-corrected chi connectivity index (χ3v) is 3.67. The van der Waals surface area contributed by atoms with Crippen LogP contribution in [0.1, 0.15) is 12.5 Å². The normalized spacial score (nSPS) is 21.0. The first-order valence-electron chi connectivity index (χ1n) is 6.57. The summed E-state index contributed by atoms with van der Waals surface area (Å²) in [6.45, 7) is 0. The van der Waals surface area contributed by atoms with Crippen LogP contribution in [0.5, 0.6) is 0 Å². The predicted octanol–water partition coefficient (Wildman–Crippen LogP) is 2.25. The first-order chi connectivity index (χ1) is 9.85. The molecule has 2 aromatic heterocycles. The van der Waals surface area contributed by atoms with Crippen LogP contribution in [0.3, 0.4) is 0 Å². The SMILES string of the molecule is O=CC1CC1n1cc(-c2cnc3ccccc3n2)cn1. The van der Waals surface area contributed by atoms with Crippen molar-refractivity contribution in [1.82, 2.24) is 19.7 Å². The van der Waals surface area contributed by atoms with Gasteiger partial charge in [0.2, 0.25) is 0 Å². The number of fused-ring (bicyclic) bond motifs is 1. The summed E-state index contributed by atoms with van der Waals surface area (Å²) in [5.74, 6) is 0.116. The minimum absolute atomic E-state index is 0.116. The number of hydrogen-bond donors (Lipinski definition) is 0. The van der Waals surface area contributed by atoms with Gasteiger partial charge in [-0.2, -0.15) is 5.10 Å². The fourth-order valence-corrected chi connectivity index (χ4v) is 2.40. The number of aldehydes is 1. The molecule has 1 aliphatic rings. The topological polar surface area (TPSA) is 60.7 Å². The number of rotatable bonds is 3. The molecule has 4 rings (SSSR count). The molecule has 3 aromatic rings. The molecule has 2 heterocycles. The maximum absolute atomic E-state index is 10.7. The summed E-state index contributed by atoms with van der Waals surface area (Å²) in [5.41, 5.74) is 3.49. The van der Waals surface area contributed by atoms with Crippen LogP contribution in [0.25, 0.3) is 22.3 Å².